The van der Waals surface area contributed by atoms with E-state index in [-0.39, 0.29) is 27.4 Å². The Labute approximate surface area is 176 Å². The van der Waals surface area contributed by atoms with Crippen molar-refractivity contribution in [3.05, 3.63) is 63.6 Å². The molecule has 2 aromatic carbocycles. The molecule has 0 aliphatic rings. The van der Waals surface area contributed by atoms with E-state index in [1.165, 1.54) is 29.6 Å². The van der Waals surface area contributed by atoms with Crippen LogP contribution >= 0.6 is 23.2 Å². The van der Waals surface area contributed by atoms with E-state index in [1.807, 2.05) is 19.1 Å². The Morgan fingerprint density at radius 3 is 2.36 bits per heavy atom. The summed E-state index contributed by atoms with van der Waals surface area (Å²) in [6.07, 6.45) is 0. The molecule has 5 nitrogen and oxygen atoms in total. The summed E-state index contributed by atoms with van der Waals surface area (Å²) < 4.78 is 26.8. The van der Waals surface area contributed by atoms with Crippen molar-refractivity contribution in [3.63, 3.8) is 0 Å². The molecule has 0 atom stereocenters. The van der Waals surface area contributed by atoms with E-state index in [0.717, 1.165) is 5.56 Å². The van der Waals surface area contributed by atoms with E-state index >= 15 is 0 Å². The summed E-state index contributed by atoms with van der Waals surface area (Å²) in [5, 5.41) is 0.796. The molecule has 152 valence electrons. The van der Waals surface area contributed by atoms with E-state index in [2.05, 4.69) is 0 Å². The van der Waals surface area contributed by atoms with Gasteiger partial charge in [-0.2, -0.15) is 4.31 Å². The maximum Gasteiger partial charge on any atom is 0.255 e. The second-order valence-electron chi connectivity index (χ2n) is 6.71. The Kier molecular flexibility index (Phi) is 7.51. The van der Waals surface area contributed by atoms with Gasteiger partial charge in [-0.15, -0.1) is 0 Å². The fraction of sp³-hybridized carbons (Fsp3) is 0.350. The summed E-state index contributed by atoms with van der Waals surface area (Å²) in [4.78, 5) is 14.7. The largest absolute Gasteiger partial charge is 0.335 e. The quantitative estimate of drug-likeness (QED) is 0.624. The first kappa shape index (κ1) is 22.7. The van der Waals surface area contributed by atoms with Crippen LogP contribution in [-0.4, -0.2) is 43.2 Å². The Morgan fingerprint density at radius 2 is 1.79 bits per heavy atom. The first-order valence-electron chi connectivity index (χ1n) is 8.89. The molecule has 0 aliphatic heterocycles. The Balaban J connectivity index is 2.38. The molecule has 0 aliphatic carbocycles. The average Bonchev–Trinajstić information content (AvgIpc) is 2.65. The first-order valence-corrected chi connectivity index (χ1v) is 11.1. The number of nitrogens with zero attached hydrogens (tertiary/aromatic N) is 2. The predicted octanol–water partition coefficient (Wildman–Crippen LogP) is 4.68. The number of carbonyl (C=O) groups excluding carboxylic acids is 1. The minimum Gasteiger partial charge on any atom is -0.335 e. The van der Waals surface area contributed by atoms with Gasteiger partial charge in [0.2, 0.25) is 10.0 Å². The van der Waals surface area contributed by atoms with Crippen LogP contribution in [0.2, 0.25) is 10.0 Å². The Hall–Kier alpha value is -1.60. The van der Waals surface area contributed by atoms with Crippen molar-refractivity contribution in [1.29, 1.82) is 0 Å². The summed E-state index contributed by atoms with van der Waals surface area (Å²) in [6, 6.07) is 11.2. The lowest BCUT2D eigenvalue weighted by molar-refractivity contribution is 0.0752. The first-order chi connectivity index (χ1) is 13.1. The zero-order valence-corrected chi connectivity index (χ0v) is 18.6. The molecular weight excluding hydrogens is 419 g/mol. The molecular formula is C20H24Cl2N2O3S. The minimum absolute atomic E-state index is 0.0373. The van der Waals surface area contributed by atoms with E-state index in [0.29, 0.717) is 18.1 Å². The average molecular weight is 443 g/mol. The maximum atomic E-state index is 13.1. The standard InChI is InChI=1S/C20H24Cl2N2O3S/c1-5-24(13-15-7-6-8-16(21)11-15)20(25)18-12-17(9-10-19(18)22)28(26,27)23(4)14(2)3/h6-12,14H,5,13H2,1-4H3. The third kappa shape index (κ3) is 5.06. The van der Waals surface area contributed by atoms with Crippen LogP contribution in [0.15, 0.2) is 47.4 Å². The number of sulfonamides is 1. The van der Waals surface area contributed by atoms with E-state index < -0.39 is 10.0 Å². The highest BCUT2D eigenvalue weighted by atomic mass is 35.5. The zero-order chi connectivity index (χ0) is 21.1. The monoisotopic (exact) mass is 442 g/mol. The van der Waals surface area contributed by atoms with Gasteiger partial charge in [-0.1, -0.05) is 35.3 Å². The van der Waals surface area contributed by atoms with Crippen LogP contribution in [-0.2, 0) is 16.6 Å². The molecule has 0 radical (unpaired) electrons. The van der Waals surface area contributed by atoms with Gasteiger partial charge in [0.15, 0.2) is 0 Å². The van der Waals surface area contributed by atoms with Crippen molar-refractivity contribution in [2.75, 3.05) is 13.6 Å². The van der Waals surface area contributed by atoms with Crippen molar-refractivity contribution in [2.45, 2.75) is 38.3 Å². The fourth-order valence-corrected chi connectivity index (χ4v) is 4.43. The third-order valence-corrected chi connectivity index (χ3v) is 7.10. The summed E-state index contributed by atoms with van der Waals surface area (Å²) in [7, 11) is -2.21. The van der Waals surface area contributed by atoms with Gasteiger partial charge >= 0.3 is 0 Å². The molecule has 0 unspecified atom stereocenters. The normalized spacial score (nSPS) is 11.9. The summed E-state index contributed by atoms with van der Waals surface area (Å²) >= 11 is 12.3. The van der Waals surface area contributed by atoms with Gasteiger partial charge in [-0.05, 0) is 56.7 Å². The van der Waals surface area contributed by atoms with Crippen LogP contribution in [0.5, 0.6) is 0 Å². The van der Waals surface area contributed by atoms with E-state index in [1.54, 1.807) is 30.9 Å². The van der Waals surface area contributed by atoms with Gasteiger partial charge in [-0.25, -0.2) is 8.42 Å². The molecule has 8 heteroatoms. The topological polar surface area (TPSA) is 57.7 Å². The van der Waals surface area contributed by atoms with Crippen LogP contribution in [0.3, 0.4) is 0 Å². The van der Waals surface area contributed by atoms with Crippen molar-refractivity contribution in [1.82, 2.24) is 9.21 Å². The van der Waals surface area contributed by atoms with Gasteiger partial charge < -0.3 is 4.90 Å². The number of carbonyl (C=O) groups is 1. The van der Waals surface area contributed by atoms with Crippen LogP contribution in [0.25, 0.3) is 0 Å². The number of amides is 1. The van der Waals surface area contributed by atoms with Crippen molar-refractivity contribution in [3.8, 4) is 0 Å². The summed E-state index contributed by atoms with van der Waals surface area (Å²) in [6.45, 7) is 6.19. The molecule has 2 aromatic rings. The Morgan fingerprint density at radius 1 is 1.11 bits per heavy atom. The second kappa shape index (κ2) is 9.27. The molecule has 2 rings (SSSR count). The molecule has 28 heavy (non-hydrogen) atoms. The smallest absolute Gasteiger partial charge is 0.255 e. The van der Waals surface area contributed by atoms with Crippen LogP contribution in [0.4, 0.5) is 0 Å². The van der Waals surface area contributed by atoms with Gasteiger partial charge in [0.05, 0.1) is 15.5 Å². The molecule has 0 spiro atoms. The molecule has 0 aromatic heterocycles. The molecule has 0 bridgehead atoms. The number of rotatable bonds is 7. The molecule has 0 fully saturated rings. The molecule has 1 amide bonds. The highest BCUT2D eigenvalue weighted by Gasteiger charge is 2.26. The van der Waals surface area contributed by atoms with Gasteiger partial charge in [0.1, 0.15) is 0 Å². The minimum atomic E-state index is -3.72. The molecule has 0 N–H and O–H groups in total. The lowest BCUT2D eigenvalue weighted by Gasteiger charge is -2.23. The maximum absolute atomic E-state index is 13.1. The van der Waals surface area contributed by atoms with Gasteiger partial charge in [-0.3, -0.25) is 4.79 Å². The zero-order valence-electron chi connectivity index (χ0n) is 16.3. The number of hydrogen-bond donors (Lipinski definition) is 0. The molecule has 0 saturated heterocycles. The number of halogens is 2. The Bertz CT molecular complexity index is 962. The van der Waals surface area contributed by atoms with E-state index in [4.69, 9.17) is 23.2 Å². The summed E-state index contributed by atoms with van der Waals surface area (Å²) in [5.74, 6) is -0.336. The van der Waals surface area contributed by atoms with Crippen LogP contribution < -0.4 is 0 Å². The predicted molar refractivity (Wildman–Crippen MR) is 113 cm³/mol. The second-order valence-corrected chi connectivity index (χ2v) is 9.55. The third-order valence-electron chi connectivity index (χ3n) is 4.50. The van der Waals surface area contributed by atoms with Gasteiger partial charge in [0, 0.05) is 31.2 Å². The summed E-state index contributed by atoms with van der Waals surface area (Å²) in [5.41, 5.74) is 1.03. The number of hydrogen-bond acceptors (Lipinski definition) is 3. The van der Waals surface area contributed by atoms with Crippen LogP contribution in [0, 0.1) is 0 Å². The van der Waals surface area contributed by atoms with Crippen molar-refractivity contribution in [2.24, 2.45) is 0 Å². The van der Waals surface area contributed by atoms with Gasteiger partial charge in [0.25, 0.3) is 5.91 Å². The molecule has 0 saturated carbocycles. The van der Waals surface area contributed by atoms with Crippen molar-refractivity contribution >= 4 is 39.1 Å². The molecule has 0 heterocycles. The SMILES string of the molecule is CCN(Cc1cccc(Cl)c1)C(=O)c1cc(S(=O)(=O)N(C)C(C)C)ccc1Cl. The highest BCUT2D eigenvalue weighted by Crippen LogP contribution is 2.25. The number of benzene rings is 2. The van der Waals surface area contributed by atoms with Crippen LogP contribution in [0.1, 0.15) is 36.7 Å². The lowest BCUT2D eigenvalue weighted by Crippen LogP contribution is -2.34. The highest BCUT2D eigenvalue weighted by molar-refractivity contribution is 7.89. The lowest BCUT2D eigenvalue weighted by atomic mass is 10.1. The van der Waals surface area contributed by atoms with E-state index in [9.17, 15) is 13.2 Å². The fourth-order valence-electron chi connectivity index (χ4n) is 2.63. The van der Waals surface area contributed by atoms with Crippen molar-refractivity contribution < 1.29 is 13.2 Å².